The fourth-order valence-electron chi connectivity index (χ4n) is 3.09. The first-order valence-corrected chi connectivity index (χ1v) is 9.82. The average molecular weight is 414 g/mol. The van der Waals surface area contributed by atoms with Crippen LogP contribution in [0, 0.1) is 5.92 Å². The van der Waals surface area contributed by atoms with Crippen molar-refractivity contribution in [3.63, 3.8) is 0 Å². The van der Waals surface area contributed by atoms with E-state index >= 15 is 0 Å². The number of thiocarbonyl (C=S) groups is 1. The van der Waals surface area contributed by atoms with Crippen LogP contribution in [-0.4, -0.2) is 29.8 Å². The third-order valence-electron chi connectivity index (χ3n) is 4.11. The van der Waals surface area contributed by atoms with E-state index in [4.69, 9.17) is 28.3 Å². The molecule has 1 fully saturated rings. The summed E-state index contributed by atoms with van der Waals surface area (Å²) in [5.74, 6) is -0.397. The summed E-state index contributed by atoms with van der Waals surface area (Å²) < 4.78 is 7.80. The third-order valence-corrected chi connectivity index (χ3v) is 5.99. The van der Waals surface area contributed by atoms with Crippen molar-refractivity contribution in [2.45, 2.75) is 38.6 Å². The molecule has 0 amide bonds. The summed E-state index contributed by atoms with van der Waals surface area (Å²) in [7, 11) is 0. The summed E-state index contributed by atoms with van der Waals surface area (Å²) in [5.41, 5.74) is -0.122. The van der Waals surface area contributed by atoms with Gasteiger partial charge in [0.05, 0.1) is 10.4 Å². The molecule has 1 aromatic carbocycles. The summed E-state index contributed by atoms with van der Waals surface area (Å²) in [6.07, 6.45) is -0.476. The number of hydrogen-bond donors (Lipinski definition) is 0. The van der Waals surface area contributed by atoms with Crippen LogP contribution >= 0.6 is 35.6 Å². The van der Waals surface area contributed by atoms with Crippen molar-refractivity contribution in [1.29, 1.82) is 0 Å². The summed E-state index contributed by atoms with van der Waals surface area (Å²) in [4.78, 5) is 27.4. The number of thioether (sulfide) groups is 1. The van der Waals surface area contributed by atoms with Crippen molar-refractivity contribution >= 4 is 39.9 Å². The van der Waals surface area contributed by atoms with E-state index in [1.54, 1.807) is 24.3 Å². The molecular formula is C17H20ClN3O3S2. The van der Waals surface area contributed by atoms with E-state index in [1.807, 2.05) is 18.7 Å². The van der Waals surface area contributed by atoms with Crippen LogP contribution < -0.4 is 11.4 Å². The van der Waals surface area contributed by atoms with Gasteiger partial charge in [0.15, 0.2) is 6.17 Å². The van der Waals surface area contributed by atoms with Crippen LogP contribution in [0.15, 0.2) is 38.4 Å². The van der Waals surface area contributed by atoms with E-state index in [0.29, 0.717) is 27.5 Å². The van der Waals surface area contributed by atoms with E-state index in [2.05, 4.69) is 13.8 Å². The van der Waals surface area contributed by atoms with Crippen LogP contribution in [0.1, 0.15) is 33.9 Å². The molecular weight excluding hydrogens is 394 g/mol. The fourth-order valence-corrected chi connectivity index (χ4v) is 5.10. The average Bonchev–Trinajstić information content (AvgIpc) is 2.92. The van der Waals surface area contributed by atoms with Gasteiger partial charge in [-0.1, -0.05) is 49.4 Å². The van der Waals surface area contributed by atoms with Crippen molar-refractivity contribution in [1.82, 2.24) is 14.2 Å². The molecule has 1 aliphatic rings. The van der Waals surface area contributed by atoms with Gasteiger partial charge in [0.2, 0.25) is 0 Å². The van der Waals surface area contributed by atoms with Gasteiger partial charge in [0.1, 0.15) is 4.32 Å². The lowest BCUT2D eigenvalue weighted by atomic mass is 10.1. The molecule has 0 radical (unpaired) electrons. The minimum absolute atomic E-state index is 0.339. The van der Waals surface area contributed by atoms with Crippen LogP contribution in [0.2, 0.25) is 5.02 Å². The van der Waals surface area contributed by atoms with E-state index < -0.39 is 22.4 Å². The number of aromatic nitrogens is 2. The second-order valence-corrected chi connectivity index (χ2v) is 9.89. The minimum Gasteiger partial charge on any atom is -0.333 e. The Morgan fingerprint density at radius 2 is 1.88 bits per heavy atom. The normalized spacial score (nSPS) is 19.5. The summed E-state index contributed by atoms with van der Waals surface area (Å²) in [6, 6.07) is 6.46. The second-order valence-electron chi connectivity index (χ2n) is 7.17. The maximum Gasteiger partial charge on any atom is 0.447 e. The first-order valence-electron chi connectivity index (χ1n) is 8.22. The molecule has 2 heterocycles. The topological polar surface area (TPSA) is 60.4 Å². The van der Waals surface area contributed by atoms with Crippen molar-refractivity contribution in [3.8, 4) is 5.69 Å². The Bertz CT molecular complexity index is 943. The predicted octanol–water partition coefficient (Wildman–Crippen LogP) is 3.51. The number of benzene rings is 1. The molecule has 0 bridgehead atoms. The molecule has 3 rings (SSSR count). The van der Waals surface area contributed by atoms with Gasteiger partial charge in [-0.3, -0.25) is 0 Å². The van der Waals surface area contributed by atoms with Gasteiger partial charge >= 0.3 is 11.4 Å². The first kappa shape index (κ1) is 19.3. The van der Waals surface area contributed by atoms with E-state index in [-0.39, 0.29) is 0 Å². The third kappa shape index (κ3) is 3.37. The highest BCUT2D eigenvalue weighted by atomic mass is 35.5. The highest BCUT2D eigenvalue weighted by molar-refractivity contribution is 8.24. The Balaban J connectivity index is 2.13. The lowest BCUT2D eigenvalue weighted by molar-refractivity contribution is 0.0842. The van der Waals surface area contributed by atoms with Crippen LogP contribution in [0.3, 0.4) is 0 Å². The van der Waals surface area contributed by atoms with Crippen molar-refractivity contribution in [3.05, 3.63) is 50.3 Å². The van der Waals surface area contributed by atoms with Gasteiger partial charge in [-0.15, -0.1) is 4.74 Å². The zero-order valence-corrected chi connectivity index (χ0v) is 17.3. The molecule has 0 spiro atoms. The van der Waals surface area contributed by atoms with Crippen LogP contribution in [0.25, 0.3) is 5.69 Å². The van der Waals surface area contributed by atoms with Gasteiger partial charge in [-0.25, -0.2) is 9.59 Å². The molecule has 0 saturated carbocycles. The van der Waals surface area contributed by atoms with E-state index in [9.17, 15) is 9.59 Å². The fraction of sp³-hybridized carbons (Fsp3) is 0.471. The Morgan fingerprint density at radius 1 is 1.27 bits per heavy atom. The van der Waals surface area contributed by atoms with Gasteiger partial charge in [-0.05, 0) is 44.0 Å². The molecule has 0 aliphatic carbocycles. The summed E-state index contributed by atoms with van der Waals surface area (Å²) >= 11 is 12.9. The second kappa shape index (κ2) is 6.90. The Labute approximate surface area is 165 Å². The van der Waals surface area contributed by atoms with Gasteiger partial charge in [0.25, 0.3) is 0 Å². The highest BCUT2D eigenvalue weighted by Crippen LogP contribution is 2.46. The number of halogens is 1. The lowest BCUT2D eigenvalue weighted by Gasteiger charge is -2.31. The molecule has 6 nitrogen and oxygen atoms in total. The quantitative estimate of drug-likeness (QED) is 0.715. The molecule has 1 saturated heterocycles. The van der Waals surface area contributed by atoms with Gasteiger partial charge < -0.3 is 9.42 Å². The number of nitrogens with zero attached hydrogens (tertiary/aromatic N) is 3. The Kier molecular flexibility index (Phi) is 5.11. The molecule has 1 atom stereocenters. The predicted molar refractivity (Wildman–Crippen MR) is 108 cm³/mol. The number of rotatable bonds is 4. The Morgan fingerprint density at radius 3 is 2.46 bits per heavy atom. The Hall–Kier alpha value is -1.51. The molecule has 0 unspecified atom stereocenters. The van der Waals surface area contributed by atoms with Gasteiger partial charge in [-0.2, -0.15) is 4.57 Å². The highest BCUT2D eigenvalue weighted by Gasteiger charge is 2.48. The molecule has 1 aliphatic heterocycles. The van der Waals surface area contributed by atoms with Crippen molar-refractivity contribution < 1.29 is 4.52 Å². The molecule has 2 aromatic rings. The van der Waals surface area contributed by atoms with Crippen LogP contribution in [-0.2, 0) is 0 Å². The molecule has 9 heteroatoms. The molecule has 26 heavy (non-hydrogen) atoms. The largest absolute Gasteiger partial charge is 0.447 e. The van der Waals surface area contributed by atoms with E-state index in [1.165, 1.54) is 11.8 Å². The van der Waals surface area contributed by atoms with E-state index in [0.717, 1.165) is 9.31 Å². The van der Waals surface area contributed by atoms with Crippen LogP contribution in [0.4, 0.5) is 0 Å². The molecule has 1 aromatic heterocycles. The first-order chi connectivity index (χ1) is 12.1. The minimum atomic E-state index is -0.736. The SMILES string of the molecule is CC(C)CN1C(=S)SC(C)(C)[C@H]1n1oc(=O)n(-c2ccc(Cl)cc2)c1=O. The van der Waals surface area contributed by atoms with Crippen molar-refractivity contribution in [2.75, 3.05) is 6.54 Å². The summed E-state index contributed by atoms with van der Waals surface area (Å²) in [6.45, 7) is 8.80. The van der Waals surface area contributed by atoms with Crippen LogP contribution in [0.5, 0.6) is 0 Å². The standard InChI is InChI=1S/C17H20ClN3O3S2/c1-10(2)9-19-13(17(3,4)26-16(19)25)21-14(22)20(15(23)24-21)12-7-5-11(18)6-8-12/h5-8,10,13H,9H2,1-4H3/t13-/m1/s1. The maximum atomic E-state index is 13.0. The van der Waals surface area contributed by atoms with Gasteiger partial charge in [0, 0.05) is 11.6 Å². The summed E-state index contributed by atoms with van der Waals surface area (Å²) in [5, 5.41) is 0.521. The molecule has 140 valence electrons. The number of hydrogen-bond acceptors (Lipinski definition) is 5. The maximum absolute atomic E-state index is 13.0. The monoisotopic (exact) mass is 413 g/mol. The van der Waals surface area contributed by atoms with Crippen molar-refractivity contribution in [2.24, 2.45) is 5.92 Å². The lowest BCUT2D eigenvalue weighted by Crippen LogP contribution is -2.43. The zero-order valence-electron chi connectivity index (χ0n) is 14.9. The molecule has 0 N–H and O–H groups in total. The smallest absolute Gasteiger partial charge is 0.333 e. The zero-order chi connectivity index (χ0) is 19.2.